The molecule has 2 aromatic rings. The van der Waals surface area contributed by atoms with Crippen LogP contribution in [0.3, 0.4) is 0 Å². The zero-order chi connectivity index (χ0) is 22.3. The summed E-state index contributed by atoms with van der Waals surface area (Å²) >= 11 is 12.5. The van der Waals surface area contributed by atoms with E-state index in [0.29, 0.717) is 40.1 Å². The zero-order valence-corrected chi connectivity index (χ0v) is 19.0. The number of anilines is 1. The van der Waals surface area contributed by atoms with Crippen LogP contribution in [0.25, 0.3) is 5.57 Å². The molecule has 7 heteroatoms. The molecule has 0 aromatic heterocycles. The molecule has 1 saturated heterocycles. The number of imide groups is 1. The highest BCUT2D eigenvalue weighted by atomic mass is 35.5. The first-order valence-electron chi connectivity index (χ1n) is 10.3. The quantitative estimate of drug-likeness (QED) is 0.680. The molecular formula is C24H24Cl2N2O3. The van der Waals surface area contributed by atoms with E-state index in [9.17, 15) is 14.7 Å². The molecule has 2 amide bonds. The highest BCUT2D eigenvalue weighted by Crippen LogP contribution is 2.40. The second-order valence-corrected chi connectivity index (χ2v) is 9.06. The first-order valence-corrected chi connectivity index (χ1v) is 11.1. The number of halogens is 2. The Morgan fingerprint density at radius 3 is 2.52 bits per heavy atom. The molecule has 4 rings (SSSR count). The molecule has 0 aliphatic carbocycles. The van der Waals surface area contributed by atoms with Crippen LogP contribution in [0.5, 0.6) is 0 Å². The third-order valence-electron chi connectivity index (χ3n) is 5.95. The summed E-state index contributed by atoms with van der Waals surface area (Å²) in [7, 11) is 0. The Bertz CT molecular complexity index is 1100. The zero-order valence-electron chi connectivity index (χ0n) is 17.5. The van der Waals surface area contributed by atoms with E-state index in [-0.39, 0.29) is 24.0 Å². The van der Waals surface area contributed by atoms with E-state index in [1.54, 1.807) is 24.3 Å². The maximum absolute atomic E-state index is 13.7. The van der Waals surface area contributed by atoms with Crippen molar-refractivity contribution in [3.05, 3.63) is 68.8 Å². The van der Waals surface area contributed by atoms with Gasteiger partial charge >= 0.3 is 0 Å². The second kappa shape index (κ2) is 8.65. The van der Waals surface area contributed by atoms with Crippen molar-refractivity contribution in [2.24, 2.45) is 5.92 Å². The molecule has 0 spiro atoms. The van der Waals surface area contributed by atoms with Gasteiger partial charge in [-0.05, 0) is 56.4 Å². The second-order valence-electron chi connectivity index (χ2n) is 8.22. The minimum Gasteiger partial charge on any atom is -0.396 e. The Balaban J connectivity index is 1.87. The summed E-state index contributed by atoms with van der Waals surface area (Å²) < 4.78 is 0. The summed E-state index contributed by atoms with van der Waals surface area (Å²) in [5.41, 5.74) is 3.57. The fourth-order valence-electron chi connectivity index (χ4n) is 4.44. The molecule has 162 valence electrons. The molecule has 1 unspecified atom stereocenters. The lowest BCUT2D eigenvalue weighted by atomic mass is 9.97. The topological polar surface area (TPSA) is 60.9 Å². The fraction of sp³-hybridized carbons (Fsp3) is 0.333. The van der Waals surface area contributed by atoms with Crippen molar-refractivity contribution in [3.8, 4) is 0 Å². The normalized spacial score (nSPS) is 19.6. The number of likely N-dealkylation sites (tertiary alicyclic amines) is 1. The van der Waals surface area contributed by atoms with Crippen molar-refractivity contribution in [2.45, 2.75) is 26.7 Å². The van der Waals surface area contributed by atoms with E-state index in [1.165, 1.54) is 4.90 Å². The van der Waals surface area contributed by atoms with E-state index < -0.39 is 5.91 Å². The van der Waals surface area contributed by atoms with Crippen molar-refractivity contribution < 1.29 is 14.7 Å². The number of hydrogen-bond acceptors (Lipinski definition) is 4. The Labute approximate surface area is 191 Å². The van der Waals surface area contributed by atoms with Gasteiger partial charge < -0.3 is 10.0 Å². The molecule has 1 atom stereocenters. The predicted octanol–water partition coefficient (Wildman–Crippen LogP) is 4.60. The highest BCUT2D eigenvalue weighted by Gasteiger charge is 2.44. The lowest BCUT2D eigenvalue weighted by molar-refractivity contribution is -0.120. The van der Waals surface area contributed by atoms with Crippen molar-refractivity contribution in [3.63, 3.8) is 0 Å². The van der Waals surface area contributed by atoms with Crippen LogP contribution < -0.4 is 4.90 Å². The van der Waals surface area contributed by atoms with Gasteiger partial charge in [0.2, 0.25) is 0 Å². The van der Waals surface area contributed by atoms with Gasteiger partial charge in [0.25, 0.3) is 11.8 Å². The van der Waals surface area contributed by atoms with Crippen molar-refractivity contribution in [2.75, 3.05) is 24.6 Å². The van der Waals surface area contributed by atoms with Crippen LogP contribution in [0.4, 0.5) is 5.69 Å². The lowest BCUT2D eigenvalue weighted by Crippen LogP contribution is -2.40. The Kier molecular flexibility index (Phi) is 6.11. The molecule has 0 saturated carbocycles. The summed E-state index contributed by atoms with van der Waals surface area (Å²) in [4.78, 5) is 30.5. The Morgan fingerprint density at radius 2 is 1.84 bits per heavy atom. The third-order valence-corrected chi connectivity index (χ3v) is 6.49. The standard InChI is InChI=1S/C24H24Cl2N2O3/c1-14-5-8-20(15(2)10-14)28-23(30)21(18-7-6-17(25)11-19(18)26)22(24(28)31)27-9-3-4-16(12-27)13-29/h5-8,10-11,16,29H,3-4,9,12-13H2,1-2H3. The number of carbonyl (C=O) groups excluding carboxylic acids is 2. The molecule has 2 heterocycles. The van der Waals surface area contributed by atoms with Crippen LogP contribution in [-0.2, 0) is 9.59 Å². The average Bonchev–Trinajstić information content (AvgIpc) is 2.98. The molecule has 0 bridgehead atoms. The monoisotopic (exact) mass is 458 g/mol. The number of aliphatic hydroxyl groups excluding tert-OH is 1. The maximum Gasteiger partial charge on any atom is 0.282 e. The number of rotatable bonds is 4. The van der Waals surface area contributed by atoms with Crippen LogP contribution in [0, 0.1) is 19.8 Å². The highest BCUT2D eigenvalue weighted by molar-refractivity contribution is 6.47. The molecule has 2 aliphatic heterocycles. The summed E-state index contributed by atoms with van der Waals surface area (Å²) in [6.45, 7) is 5.05. The van der Waals surface area contributed by atoms with Gasteiger partial charge in [-0.1, -0.05) is 47.0 Å². The van der Waals surface area contributed by atoms with Gasteiger partial charge in [0.05, 0.1) is 16.3 Å². The number of carbonyl (C=O) groups is 2. The van der Waals surface area contributed by atoms with Gasteiger partial charge in [0.15, 0.2) is 0 Å². The molecule has 1 N–H and O–H groups in total. The van der Waals surface area contributed by atoms with Crippen molar-refractivity contribution in [1.29, 1.82) is 0 Å². The van der Waals surface area contributed by atoms with Crippen LogP contribution >= 0.6 is 23.2 Å². The van der Waals surface area contributed by atoms with E-state index in [0.717, 1.165) is 24.0 Å². The molecular weight excluding hydrogens is 435 g/mol. The van der Waals surface area contributed by atoms with E-state index in [4.69, 9.17) is 23.2 Å². The van der Waals surface area contributed by atoms with Crippen LogP contribution in [-0.4, -0.2) is 41.5 Å². The van der Waals surface area contributed by atoms with Gasteiger partial charge in [-0.15, -0.1) is 0 Å². The number of piperidine rings is 1. The van der Waals surface area contributed by atoms with Crippen LogP contribution in [0.2, 0.25) is 10.0 Å². The largest absolute Gasteiger partial charge is 0.396 e. The molecule has 0 radical (unpaired) electrons. The molecule has 1 fully saturated rings. The van der Waals surface area contributed by atoms with Gasteiger partial charge in [-0.3, -0.25) is 9.59 Å². The number of aliphatic hydroxyl groups is 1. The first kappa shape index (κ1) is 21.9. The minimum absolute atomic E-state index is 0.0454. The molecule has 5 nitrogen and oxygen atoms in total. The first-order chi connectivity index (χ1) is 14.8. The summed E-state index contributed by atoms with van der Waals surface area (Å²) in [6.07, 6.45) is 1.72. The Morgan fingerprint density at radius 1 is 1.06 bits per heavy atom. The van der Waals surface area contributed by atoms with Crippen molar-refractivity contribution >= 4 is 46.3 Å². The SMILES string of the molecule is Cc1ccc(N2C(=O)C(c3ccc(Cl)cc3Cl)=C(N3CCCC(CO)C3)C2=O)c(C)c1. The van der Waals surface area contributed by atoms with E-state index in [2.05, 4.69) is 0 Å². The third kappa shape index (κ3) is 3.98. The van der Waals surface area contributed by atoms with E-state index in [1.807, 2.05) is 30.9 Å². The molecule has 2 aliphatic rings. The molecule has 31 heavy (non-hydrogen) atoms. The molecule has 2 aromatic carbocycles. The van der Waals surface area contributed by atoms with Gasteiger partial charge in [0, 0.05) is 30.3 Å². The van der Waals surface area contributed by atoms with Crippen LogP contribution in [0.1, 0.15) is 29.5 Å². The number of amides is 2. The van der Waals surface area contributed by atoms with Gasteiger partial charge in [0.1, 0.15) is 5.70 Å². The van der Waals surface area contributed by atoms with Crippen LogP contribution in [0.15, 0.2) is 42.1 Å². The van der Waals surface area contributed by atoms with Gasteiger partial charge in [-0.2, -0.15) is 0 Å². The number of benzene rings is 2. The lowest BCUT2D eigenvalue weighted by Gasteiger charge is -2.34. The summed E-state index contributed by atoms with van der Waals surface area (Å²) in [5.74, 6) is -0.708. The Hall–Kier alpha value is -2.34. The summed E-state index contributed by atoms with van der Waals surface area (Å²) in [6, 6.07) is 10.6. The predicted molar refractivity (Wildman–Crippen MR) is 123 cm³/mol. The average molecular weight is 459 g/mol. The fourth-order valence-corrected chi connectivity index (χ4v) is 4.94. The minimum atomic E-state index is -0.401. The summed E-state index contributed by atoms with van der Waals surface area (Å²) in [5, 5.41) is 10.5. The van der Waals surface area contributed by atoms with Gasteiger partial charge in [-0.25, -0.2) is 4.90 Å². The van der Waals surface area contributed by atoms with E-state index >= 15 is 0 Å². The smallest absolute Gasteiger partial charge is 0.282 e. The maximum atomic E-state index is 13.7. The number of hydrogen-bond donors (Lipinski definition) is 1. The van der Waals surface area contributed by atoms with Crippen molar-refractivity contribution in [1.82, 2.24) is 4.90 Å². The number of nitrogens with zero attached hydrogens (tertiary/aromatic N) is 2. The number of aryl methyl sites for hydroxylation is 2.